The number of carbonyl (C=O) groups is 2. The van der Waals surface area contributed by atoms with Gasteiger partial charge >= 0.3 is 6.03 Å². The molecule has 0 unspecified atom stereocenters. The van der Waals surface area contributed by atoms with Gasteiger partial charge in [-0.05, 0) is 48.9 Å². The van der Waals surface area contributed by atoms with Crippen LogP contribution in [0, 0.1) is 0 Å². The van der Waals surface area contributed by atoms with E-state index in [9.17, 15) is 14.7 Å². The van der Waals surface area contributed by atoms with Gasteiger partial charge in [0.05, 0.1) is 31.4 Å². The van der Waals surface area contributed by atoms with E-state index in [4.69, 9.17) is 9.47 Å². The number of hydrogen-bond acceptors (Lipinski definition) is 6. The number of rotatable bonds is 7. The molecule has 0 bridgehead atoms. The Balaban J connectivity index is 1.24. The fourth-order valence-electron chi connectivity index (χ4n) is 4.75. The molecule has 3 aromatic rings. The molecule has 1 aromatic heterocycles. The van der Waals surface area contributed by atoms with Crippen molar-refractivity contribution >= 4 is 23.3 Å². The molecule has 0 radical (unpaired) electrons. The summed E-state index contributed by atoms with van der Waals surface area (Å²) >= 11 is 0. The normalized spacial score (nSPS) is 22.0. The maximum absolute atomic E-state index is 12.6. The molecule has 2 aromatic carbocycles. The van der Waals surface area contributed by atoms with Gasteiger partial charge in [0.15, 0.2) is 0 Å². The first kappa shape index (κ1) is 23.8. The smallest absolute Gasteiger partial charge is 0.323 e. The molecular formula is C27H28N4O5. The molecule has 4 atom stereocenters. The van der Waals surface area contributed by atoms with E-state index < -0.39 is 6.10 Å². The highest BCUT2D eigenvalue weighted by Crippen LogP contribution is 2.47. The molecule has 0 saturated carbocycles. The van der Waals surface area contributed by atoms with Crippen LogP contribution in [-0.2, 0) is 16.1 Å². The van der Waals surface area contributed by atoms with Crippen molar-refractivity contribution in [3.8, 4) is 5.75 Å². The van der Waals surface area contributed by atoms with Crippen LogP contribution < -0.4 is 20.7 Å². The van der Waals surface area contributed by atoms with Gasteiger partial charge in [-0.15, -0.1) is 0 Å². The van der Waals surface area contributed by atoms with Crippen LogP contribution >= 0.6 is 0 Å². The number of hydrogen-bond donors (Lipinski definition) is 4. The number of pyridine rings is 1. The van der Waals surface area contributed by atoms with Gasteiger partial charge in [-0.3, -0.25) is 9.78 Å². The van der Waals surface area contributed by atoms with E-state index in [-0.39, 0.29) is 43.1 Å². The predicted molar refractivity (Wildman–Crippen MR) is 134 cm³/mol. The van der Waals surface area contributed by atoms with Crippen LogP contribution in [0.25, 0.3) is 0 Å². The molecular weight excluding hydrogens is 460 g/mol. The van der Waals surface area contributed by atoms with Crippen molar-refractivity contribution < 1.29 is 24.2 Å². The molecule has 9 nitrogen and oxygen atoms in total. The molecule has 2 aliphatic heterocycles. The topological polar surface area (TPSA) is 122 Å². The predicted octanol–water partition coefficient (Wildman–Crippen LogP) is 3.43. The summed E-state index contributed by atoms with van der Waals surface area (Å²) < 4.78 is 12.1. The first-order valence-corrected chi connectivity index (χ1v) is 12.0. The molecule has 1 fully saturated rings. The first-order chi connectivity index (χ1) is 17.6. The van der Waals surface area contributed by atoms with Crippen molar-refractivity contribution in [2.45, 2.75) is 43.6 Å². The fourth-order valence-corrected chi connectivity index (χ4v) is 4.75. The van der Waals surface area contributed by atoms with Crippen LogP contribution in [-0.4, -0.2) is 46.9 Å². The van der Waals surface area contributed by atoms with E-state index in [1.54, 1.807) is 12.3 Å². The average molecular weight is 489 g/mol. The zero-order valence-electron chi connectivity index (χ0n) is 19.6. The van der Waals surface area contributed by atoms with Gasteiger partial charge in [0, 0.05) is 29.1 Å². The Morgan fingerprint density at radius 1 is 1.00 bits per heavy atom. The number of fused-ring (bicyclic) bond motifs is 3. The Labute approximate surface area is 208 Å². The summed E-state index contributed by atoms with van der Waals surface area (Å²) in [5.41, 5.74) is 3.03. The summed E-state index contributed by atoms with van der Waals surface area (Å²) in [7, 11) is 0. The van der Waals surface area contributed by atoms with E-state index in [2.05, 4.69) is 20.9 Å². The molecule has 3 heterocycles. The summed E-state index contributed by atoms with van der Waals surface area (Å²) in [5.74, 6) is 0.479. The standard InChI is InChI=1S/C27H28N4O5/c32-16-24-26-22(13-20(35-24)14-25(33)29-15-19-8-4-5-11-28-19)21-12-18(9-10-23(21)36-26)31-27(34)30-17-6-2-1-3-7-17/h1-12,20,22,24,26,32H,13-16H2,(H,29,33)(H2,30,31,34)/t20-,22-,24+,26+/m1/s1. The quantitative estimate of drug-likeness (QED) is 0.404. The van der Waals surface area contributed by atoms with Crippen molar-refractivity contribution in [1.29, 1.82) is 0 Å². The summed E-state index contributed by atoms with van der Waals surface area (Å²) in [6, 6.07) is 19.9. The van der Waals surface area contributed by atoms with E-state index in [0.29, 0.717) is 30.1 Å². The Hall–Kier alpha value is -3.95. The molecule has 186 valence electrons. The minimum absolute atomic E-state index is 0.0709. The second-order valence-corrected chi connectivity index (χ2v) is 8.90. The number of benzene rings is 2. The lowest BCUT2D eigenvalue weighted by atomic mass is 9.84. The number of ether oxygens (including phenoxy) is 2. The number of carbonyl (C=O) groups excluding carboxylic acids is 2. The monoisotopic (exact) mass is 488 g/mol. The third-order valence-corrected chi connectivity index (χ3v) is 6.39. The third-order valence-electron chi connectivity index (χ3n) is 6.39. The molecule has 9 heteroatoms. The van der Waals surface area contributed by atoms with Crippen molar-refractivity contribution in [3.05, 3.63) is 84.2 Å². The molecule has 4 N–H and O–H groups in total. The lowest BCUT2D eigenvalue weighted by Gasteiger charge is -2.37. The Morgan fingerprint density at radius 3 is 2.58 bits per heavy atom. The highest BCUT2D eigenvalue weighted by molar-refractivity contribution is 5.99. The second-order valence-electron chi connectivity index (χ2n) is 8.90. The number of amides is 3. The highest BCUT2D eigenvalue weighted by Gasteiger charge is 2.46. The molecule has 0 spiro atoms. The van der Waals surface area contributed by atoms with Gasteiger partial charge in [-0.2, -0.15) is 0 Å². The zero-order chi connectivity index (χ0) is 24.9. The Morgan fingerprint density at radius 2 is 1.81 bits per heavy atom. The number of aromatic nitrogens is 1. The van der Waals surface area contributed by atoms with E-state index in [0.717, 1.165) is 11.3 Å². The maximum atomic E-state index is 12.6. The first-order valence-electron chi connectivity index (χ1n) is 12.0. The molecule has 0 aliphatic carbocycles. The molecule has 5 rings (SSSR count). The Bertz CT molecular complexity index is 1210. The number of nitrogens with zero attached hydrogens (tertiary/aromatic N) is 1. The van der Waals surface area contributed by atoms with Crippen LogP contribution in [0.15, 0.2) is 72.9 Å². The largest absolute Gasteiger partial charge is 0.487 e. The minimum atomic E-state index is -0.553. The number of aliphatic hydroxyl groups excluding tert-OH is 1. The second kappa shape index (κ2) is 10.8. The average Bonchev–Trinajstić information content (AvgIpc) is 3.26. The maximum Gasteiger partial charge on any atom is 0.323 e. The van der Waals surface area contributed by atoms with Gasteiger partial charge in [0.25, 0.3) is 0 Å². The number of urea groups is 1. The number of nitrogens with one attached hydrogen (secondary N) is 3. The van der Waals surface area contributed by atoms with Crippen molar-refractivity contribution in [3.63, 3.8) is 0 Å². The van der Waals surface area contributed by atoms with Gasteiger partial charge in [-0.25, -0.2) is 4.79 Å². The van der Waals surface area contributed by atoms with E-state index in [1.165, 1.54) is 0 Å². The van der Waals surface area contributed by atoms with Crippen LogP contribution in [0.3, 0.4) is 0 Å². The van der Waals surface area contributed by atoms with E-state index in [1.807, 2.05) is 60.7 Å². The number of aliphatic hydroxyl groups is 1. The summed E-state index contributed by atoms with van der Waals surface area (Å²) in [6.45, 7) is 0.125. The van der Waals surface area contributed by atoms with Crippen LogP contribution in [0.5, 0.6) is 5.75 Å². The van der Waals surface area contributed by atoms with Crippen LogP contribution in [0.2, 0.25) is 0 Å². The van der Waals surface area contributed by atoms with Gasteiger partial charge < -0.3 is 30.5 Å². The summed E-state index contributed by atoms with van der Waals surface area (Å²) in [6.07, 6.45) is 1.13. The van der Waals surface area contributed by atoms with Gasteiger partial charge in [-0.1, -0.05) is 24.3 Å². The van der Waals surface area contributed by atoms with Crippen LogP contribution in [0.1, 0.15) is 30.0 Å². The van der Waals surface area contributed by atoms with Gasteiger partial charge in [0.1, 0.15) is 18.0 Å². The molecule has 3 amide bonds. The highest BCUT2D eigenvalue weighted by atomic mass is 16.6. The zero-order valence-corrected chi connectivity index (χ0v) is 19.6. The number of para-hydroxylation sites is 1. The molecule has 36 heavy (non-hydrogen) atoms. The van der Waals surface area contributed by atoms with E-state index >= 15 is 0 Å². The van der Waals surface area contributed by atoms with Crippen LogP contribution in [0.4, 0.5) is 16.2 Å². The lowest BCUT2D eigenvalue weighted by molar-refractivity contribution is -0.142. The molecule has 1 saturated heterocycles. The number of anilines is 2. The van der Waals surface area contributed by atoms with Crippen molar-refractivity contribution in [2.75, 3.05) is 17.2 Å². The van der Waals surface area contributed by atoms with Gasteiger partial charge in [0.2, 0.25) is 5.91 Å². The third kappa shape index (κ3) is 5.48. The Kier molecular flexibility index (Phi) is 7.11. The lowest BCUT2D eigenvalue weighted by Crippen LogP contribution is -2.47. The minimum Gasteiger partial charge on any atom is -0.487 e. The molecule has 2 aliphatic rings. The SMILES string of the molecule is O=C(C[C@H]1C[C@@H]2c3cc(NC(=O)Nc4ccccc4)ccc3O[C@@H]2[C@H](CO)O1)NCc1ccccn1. The summed E-state index contributed by atoms with van der Waals surface area (Å²) in [4.78, 5) is 29.2. The fraction of sp³-hybridized carbons (Fsp3) is 0.296. The van der Waals surface area contributed by atoms with Crippen molar-refractivity contribution in [1.82, 2.24) is 10.3 Å². The summed E-state index contributed by atoms with van der Waals surface area (Å²) in [5, 5.41) is 18.5. The van der Waals surface area contributed by atoms with Crippen molar-refractivity contribution in [2.24, 2.45) is 0 Å².